The van der Waals surface area contributed by atoms with Gasteiger partial charge in [0.25, 0.3) is 5.91 Å². The fourth-order valence-corrected chi connectivity index (χ4v) is 3.95. The Kier molecular flexibility index (Phi) is 6.34. The van der Waals surface area contributed by atoms with E-state index in [-0.39, 0.29) is 16.8 Å². The number of ether oxygens (including phenoxy) is 1. The second-order valence-corrected chi connectivity index (χ2v) is 9.79. The van der Waals surface area contributed by atoms with E-state index < -0.39 is 9.84 Å². The number of carbonyl (C=O) groups is 1. The molecular formula is C21H22N2O4S2. The minimum absolute atomic E-state index is 0.236. The number of aromatic nitrogens is 1. The summed E-state index contributed by atoms with van der Waals surface area (Å²) in [6.07, 6.45) is 1.16. The molecule has 6 nitrogen and oxygen atoms in total. The Morgan fingerprint density at radius 1 is 1.21 bits per heavy atom. The van der Waals surface area contributed by atoms with Crippen LogP contribution in [0.5, 0.6) is 5.75 Å². The van der Waals surface area contributed by atoms with Crippen LogP contribution < -0.4 is 10.1 Å². The summed E-state index contributed by atoms with van der Waals surface area (Å²) in [7, 11) is -3.25. The van der Waals surface area contributed by atoms with E-state index in [1.807, 2.05) is 19.2 Å². The molecule has 0 radical (unpaired) electrons. The molecule has 152 valence electrons. The normalized spacial score (nSPS) is 12.4. The number of nitrogens with zero attached hydrogens (tertiary/aromatic N) is 1. The molecule has 0 spiro atoms. The molecule has 8 heteroatoms. The largest absolute Gasteiger partial charge is 0.487 e. The Morgan fingerprint density at radius 2 is 1.93 bits per heavy atom. The van der Waals surface area contributed by atoms with Gasteiger partial charge in [0.2, 0.25) is 0 Å². The summed E-state index contributed by atoms with van der Waals surface area (Å²) in [5.41, 5.74) is 2.15. The number of hydrogen-bond acceptors (Lipinski definition) is 6. The van der Waals surface area contributed by atoms with E-state index in [2.05, 4.69) is 10.3 Å². The number of nitrogens with one attached hydrogen (secondary N) is 1. The monoisotopic (exact) mass is 430 g/mol. The number of sulfone groups is 1. The van der Waals surface area contributed by atoms with Crippen LogP contribution in [-0.4, -0.2) is 25.6 Å². The molecule has 2 aromatic carbocycles. The summed E-state index contributed by atoms with van der Waals surface area (Å²) in [5, 5.41) is 5.85. The zero-order chi connectivity index (χ0) is 21.0. The Morgan fingerprint density at radius 3 is 2.55 bits per heavy atom. The fourth-order valence-electron chi connectivity index (χ4n) is 2.73. The first-order valence-corrected chi connectivity index (χ1v) is 11.7. The molecule has 29 heavy (non-hydrogen) atoms. The van der Waals surface area contributed by atoms with Crippen molar-refractivity contribution < 1.29 is 17.9 Å². The van der Waals surface area contributed by atoms with E-state index in [0.717, 1.165) is 22.5 Å². The molecule has 0 fully saturated rings. The predicted octanol–water partition coefficient (Wildman–Crippen LogP) is 3.93. The summed E-state index contributed by atoms with van der Waals surface area (Å²) in [5.74, 6) is 0.355. The van der Waals surface area contributed by atoms with Gasteiger partial charge in [0.15, 0.2) is 9.84 Å². The SMILES string of the molecule is Cc1nc(COc2cccc(C(=O)NC(C)c3ccc(S(C)(=O)=O)cc3)c2)cs1. The lowest BCUT2D eigenvalue weighted by atomic mass is 10.1. The highest BCUT2D eigenvalue weighted by Crippen LogP contribution is 2.19. The minimum atomic E-state index is -3.25. The van der Waals surface area contributed by atoms with Crippen molar-refractivity contribution in [1.82, 2.24) is 10.3 Å². The molecule has 1 unspecified atom stereocenters. The van der Waals surface area contributed by atoms with E-state index >= 15 is 0 Å². The van der Waals surface area contributed by atoms with Gasteiger partial charge in [-0.05, 0) is 49.7 Å². The second kappa shape index (κ2) is 8.75. The lowest BCUT2D eigenvalue weighted by molar-refractivity contribution is 0.0939. The number of carbonyl (C=O) groups excluding carboxylic acids is 1. The van der Waals surface area contributed by atoms with Crippen LogP contribution in [0.25, 0.3) is 0 Å². The molecule has 3 rings (SSSR count). The van der Waals surface area contributed by atoms with Crippen LogP contribution in [0.2, 0.25) is 0 Å². The van der Waals surface area contributed by atoms with Gasteiger partial charge in [-0.3, -0.25) is 4.79 Å². The summed E-state index contributed by atoms with van der Waals surface area (Å²) < 4.78 is 28.9. The van der Waals surface area contributed by atoms with Gasteiger partial charge in [0.1, 0.15) is 12.4 Å². The molecule has 1 heterocycles. The van der Waals surface area contributed by atoms with Crippen molar-refractivity contribution >= 4 is 27.1 Å². The third-order valence-electron chi connectivity index (χ3n) is 4.31. The Balaban J connectivity index is 1.64. The molecule has 0 aliphatic rings. The van der Waals surface area contributed by atoms with Crippen molar-refractivity contribution in [2.45, 2.75) is 31.4 Å². The van der Waals surface area contributed by atoms with Crippen molar-refractivity contribution in [3.8, 4) is 5.75 Å². The van der Waals surface area contributed by atoms with Crippen molar-refractivity contribution in [3.63, 3.8) is 0 Å². The van der Waals surface area contributed by atoms with Crippen LogP contribution in [0.4, 0.5) is 0 Å². The van der Waals surface area contributed by atoms with Crippen molar-refractivity contribution in [2.75, 3.05) is 6.26 Å². The van der Waals surface area contributed by atoms with Gasteiger partial charge in [-0.1, -0.05) is 18.2 Å². The van der Waals surface area contributed by atoms with Crippen LogP contribution >= 0.6 is 11.3 Å². The number of aryl methyl sites for hydroxylation is 1. The van der Waals surface area contributed by atoms with Crippen LogP contribution in [-0.2, 0) is 16.4 Å². The number of rotatable bonds is 7. The maximum Gasteiger partial charge on any atom is 0.251 e. The molecule has 0 saturated heterocycles. The zero-order valence-electron chi connectivity index (χ0n) is 16.4. The number of thiazole rings is 1. The van der Waals surface area contributed by atoms with Crippen molar-refractivity contribution in [3.05, 3.63) is 75.7 Å². The van der Waals surface area contributed by atoms with Crippen LogP contribution in [0.15, 0.2) is 58.8 Å². The first-order valence-electron chi connectivity index (χ1n) is 8.97. The molecule has 1 amide bonds. The van der Waals surface area contributed by atoms with Crippen LogP contribution in [0, 0.1) is 6.92 Å². The van der Waals surface area contributed by atoms with Gasteiger partial charge in [-0.25, -0.2) is 13.4 Å². The van der Waals surface area contributed by atoms with E-state index in [0.29, 0.717) is 17.9 Å². The summed E-state index contributed by atoms with van der Waals surface area (Å²) in [4.78, 5) is 17.2. The van der Waals surface area contributed by atoms with Crippen molar-refractivity contribution in [2.24, 2.45) is 0 Å². The minimum Gasteiger partial charge on any atom is -0.487 e. The molecular weight excluding hydrogens is 408 g/mol. The molecule has 1 aromatic heterocycles. The lowest BCUT2D eigenvalue weighted by Crippen LogP contribution is -2.26. The Labute approximate surface area is 174 Å². The standard InChI is InChI=1S/C21H22N2O4S2/c1-14(16-7-9-20(10-8-16)29(3,25)26)22-21(24)17-5-4-6-19(11-17)27-12-18-13-28-15(2)23-18/h4-11,13-14H,12H2,1-3H3,(H,22,24). The average Bonchev–Trinajstić information content (AvgIpc) is 3.11. The van der Waals surface area contributed by atoms with Crippen LogP contribution in [0.1, 0.15) is 39.6 Å². The highest BCUT2D eigenvalue weighted by molar-refractivity contribution is 7.90. The highest BCUT2D eigenvalue weighted by Gasteiger charge is 2.14. The van der Waals surface area contributed by atoms with Gasteiger partial charge >= 0.3 is 0 Å². The maximum atomic E-state index is 12.6. The van der Waals surface area contributed by atoms with Gasteiger partial charge in [0.05, 0.1) is 21.6 Å². The van der Waals surface area contributed by atoms with E-state index in [9.17, 15) is 13.2 Å². The Hall–Kier alpha value is -2.71. The molecule has 0 aliphatic heterocycles. The molecule has 1 N–H and O–H groups in total. The zero-order valence-corrected chi connectivity index (χ0v) is 18.0. The van der Waals surface area contributed by atoms with Crippen LogP contribution in [0.3, 0.4) is 0 Å². The molecule has 0 bridgehead atoms. The van der Waals surface area contributed by atoms with Gasteiger partial charge < -0.3 is 10.1 Å². The highest BCUT2D eigenvalue weighted by atomic mass is 32.2. The fraction of sp³-hybridized carbons (Fsp3) is 0.238. The molecule has 1 atom stereocenters. The van der Waals surface area contributed by atoms with E-state index in [1.165, 1.54) is 0 Å². The molecule has 3 aromatic rings. The van der Waals surface area contributed by atoms with Crippen molar-refractivity contribution in [1.29, 1.82) is 0 Å². The third kappa shape index (κ3) is 5.65. The topological polar surface area (TPSA) is 85.4 Å². The van der Waals surface area contributed by atoms with Gasteiger partial charge in [0, 0.05) is 17.2 Å². The van der Waals surface area contributed by atoms with Gasteiger partial charge in [-0.2, -0.15) is 0 Å². The molecule has 0 aliphatic carbocycles. The summed E-state index contributed by atoms with van der Waals surface area (Å²) in [6.45, 7) is 4.13. The second-order valence-electron chi connectivity index (χ2n) is 6.71. The number of amides is 1. The van der Waals surface area contributed by atoms with E-state index in [4.69, 9.17) is 4.74 Å². The van der Waals surface area contributed by atoms with E-state index in [1.54, 1.807) is 59.9 Å². The summed E-state index contributed by atoms with van der Waals surface area (Å²) in [6, 6.07) is 13.2. The smallest absolute Gasteiger partial charge is 0.251 e. The average molecular weight is 431 g/mol. The lowest BCUT2D eigenvalue weighted by Gasteiger charge is -2.15. The maximum absolute atomic E-state index is 12.6. The first kappa shape index (κ1) is 21.0. The number of hydrogen-bond donors (Lipinski definition) is 1. The summed E-state index contributed by atoms with van der Waals surface area (Å²) >= 11 is 1.57. The quantitative estimate of drug-likeness (QED) is 0.614. The molecule has 0 saturated carbocycles. The van der Waals surface area contributed by atoms with Gasteiger partial charge in [-0.15, -0.1) is 11.3 Å². The third-order valence-corrected chi connectivity index (χ3v) is 6.26. The Bertz CT molecular complexity index is 1110. The number of benzene rings is 2. The first-order chi connectivity index (χ1) is 13.7. The predicted molar refractivity (Wildman–Crippen MR) is 113 cm³/mol.